The van der Waals surface area contributed by atoms with Gasteiger partial charge in [0.15, 0.2) is 5.76 Å². The Balaban J connectivity index is 1.55. The molecule has 2 aromatic heterocycles. The quantitative estimate of drug-likeness (QED) is 0.791. The first-order valence-electron chi connectivity index (χ1n) is 8.90. The molecular formula is C19H22N2O5S. The number of esters is 1. The summed E-state index contributed by atoms with van der Waals surface area (Å²) in [6, 6.07) is 5.10. The number of nitrogens with zero attached hydrogens (tertiary/aromatic N) is 1. The molecule has 2 amide bonds. The summed E-state index contributed by atoms with van der Waals surface area (Å²) < 4.78 is 10.2. The zero-order chi connectivity index (χ0) is 19.4. The van der Waals surface area contributed by atoms with Crippen LogP contribution in [-0.4, -0.2) is 42.4 Å². The van der Waals surface area contributed by atoms with Crippen LogP contribution >= 0.6 is 11.3 Å². The predicted octanol–water partition coefficient (Wildman–Crippen LogP) is 3.32. The summed E-state index contributed by atoms with van der Waals surface area (Å²) >= 11 is 1.22. The van der Waals surface area contributed by atoms with Gasteiger partial charge in [0.25, 0.3) is 5.91 Å². The number of aryl methyl sites for hydroxylation is 1. The van der Waals surface area contributed by atoms with Crippen molar-refractivity contribution < 1.29 is 23.5 Å². The van der Waals surface area contributed by atoms with Gasteiger partial charge < -0.3 is 19.4 Å². The number of hydrogen-bond acceptors (Lipinski definition) is 6. The normalized spacial score (nSPS) is 14.8. The van der Waals surface area contributed by atoms with Crippen molar-refractivity contribution in [2.75, 3.05) is 25.0 Å². The van der Waals surface area contributed by atoms with Crippen molar-refractivity contribution in [1.29, 1.82) is 0 Å². The molecule has 1 aliphatic rings. The zero-order valence-corrected chi connectivity index (χ0v) is 16.1. The molecule has 8 heteroatoms. The Bertz CT molecular complexity index is 819. The number of rotatable bonds is 5. The Morgan fingerprint density at radius 1 is 1.33 bits per heavy atom. The van der Waals surface area contributed by atoms with E-state index in [-0.39, 0.29) is 23.7 Å². The maximum atomic E-state index is 12.5. The van der Waals surface area contributed by atoms with Crippen molar-refractivity contribution >= 4 is 34.1 Å². The van der Waals surface area contributed by atoms with E-state index in [1.54, 1.807) is 30.0 Å². The number of hydrogen-bond donors (Lipinski definition) is 1. The number of nitrogens with one attached hydrogen (secondary N) is 1. The smallest absolute Gasteiger partial charge is 0.348 e. The maximum absolute atomic E-state index is 12.5. The van der Waals surface area contributed by atoms with E-state index >= 15 is 0 Å². The molecule has 0 spiro atoms. The van der Waals surface area contributed by atoms with Crippen molar-refractivity contribution in [2.24, 2.45) is 5.92 Å². The number of furan rings is 1. The topological polar surface area (TPSA) is 88.9 Å². The van der Waals surface area contributed by atoms with Crippen LogP contribution in [0.3, 0.4) is 0 Å². The molecule has 2 aromatic rings. The maximum Gasteiger partial charge on any atom is 0.348 e. The summed E-state index contributed by atoms with van der Waals surface area (Å²) in [7, 11) is 0. The molecule has 0 unspecified atom stereocenters. The summed E-state index contributed by atoms with van der Waals surface area (Å²) in [5, 5.41) is 3.53. The first-order chi connectivity index (χ1) is 13.0. The molecule has 1 saturated heterocycles. The van der Waals surface area contributed by atoms with Crippen LogP contribution in [0.2, 0.25) is 0 Å². The van der Waals surface area contributed by atoms with Gasteiger partial charge in [-0.1, -0.05) is 0 Å². The summed E-state index contributed by atoms with van der Waals surface area (Å²) in [4.78, 5) is 38.9. The second-order valence-corrected chi connectivity index (χ2v) is 7.43. The van der Waals surface area contributed by atoms with E-state index in [9.17, 15) is 14.4 Å². The lowest BCUT2D eigenvalue weighted by atomic mass is 9.96. The van der Waals surface area contributed by atoms with Crippen LogP contribution in [-0.2, 0) is 9.53 Å². The number of carbonyl (C=O) groups excluding carboxylic acids is 3. The molecule has 0 bridgehead atoms. The molecule has 1 fully saturated rings. The van der Waals surface area contributed by atoms with Crippen molar-refractivity contribution in [2.45, 2.75) is 26.7 Å². The minimum Gasteiger partial charge on any atom is -0.462 e. The standard InChI is InChI=1S/C19H22N2O5S/c1-3-25-19(24)16-12(2)11-15(27-16)20-17(22)13-6-8-21(9-7-13)18(23)14-5-4-10-26-14/h4-5,10-11,13H,3,6-9H2,1-2H3,(H,20,22). The average Bonchev–Trinajstić information content (AvgIpc) is 3.31. The van der Waals surface area contributed by atoms with Crippen LogP contribution in [0.15, 0.2) is 28.9 Å². The number of likely N-dealkylation sites (tertiary alicyclic amines) is 1. The molecule has 1 N–H and O–H groups in total. The minimum absolute atomic E-state index is 0.0863. The highest BCUT2D eigenvalue weighted by Crippen LogP contribution is 2.29. The van der Waals surface area contributed by atoms with Gasteiger partial charge in [0.05, 0.1) is 17.9 Å². The summed E-state index contributed by atoms with van der Waals surface area (Å²) in [5.74, 6) is -0.452. The lowest BCUT2D eigenvalue weighted by molar-refractivity contribution is -0.121. The van der Waals surface area contributed by atoms with Gasteiger partial charge in [-0.05, 0) is 50.5 Å². The number of amides is 2. The summed E-state index contributed by atoms with van der Waals surface area (Å²) in [5.41, 5.74) is 0.785. The summed E-state index contributed by atoms with van der Waals surface area (Å²) in [6.07, 6.45) is 2.65. The van der Waals surface area contributed by atoms with E-state index in [0.717, 1.165) is 5.56 Å². The van der Waals surface area contributed by atoms with Crippen molar-refractivity contribution in [3.8, 4) is 0 Å². The van der Waals surface area contributed by atoms with E-state index in [0.29, 0.717) is 48.2 Å². The highest BCUT2D eigenvalue weighted by Gasteiger charge is 2.29. The summed E-state index contributed by atoms with van der Waals surface area (Å²) in [6.45, 7) is 4.90. The predicted molar refractivity (Wildman–Crippen MR) is 101 cm³/mol. The van der Waals surface area contributed by atoms with Gasteiger partial charge in [-0.2, -0.15) is 0 Å². The van der Waals surface area contributed by atoms with Gasteiger partial charge in [-0.3, -0.25) is 9.59 Å². The fourth-order valence-corrected chi connectivity index (χ4v) is 4.04. The molecule has 0 aromatic carbocycles. The Hall–Kier alpha value is -2.61. The number of ether oxygens (including phenoxy) is 1. The van der Waals surface area contributed by atoms with Gasteiger partial charge in [-0.25, -0.2) is 4.79 Å². The van der Waals surface area contributed by atoms with Crippen LogP contribution in [0.5, 0.6) is 0 Å². The van der Waals surface area contributed by atoms with Gasteiger partial charge in [0.1, 0.15) is 4.88 Å². The molecule has 0 saturated carbocycles. The van der Waals surface area contributed by atoms with Gasteiger partial charge >= 0.3 is 5.97 Å². The Kier molecular flexibility index (Phi) is 5.95. The lowest BCUT2D eigenvalue weighted by Gasteiger charge is -2.30. The average molecular weight is 390 g/mol. The molecule has 0 atom stereocenters. The second kappa shape index (κ2) is 8.39. The monoisotopic (exact) mass is 390 g/mol. The Labute approximate surface area is 161 Å². The molecule has 144 valence electrons. The van der Waals surface area contributed by atoms with Crippen molar-refractivity contribution in [3.05, 3.63) is 40.7 Å². The van der Waals surface area contributed by atoms with E-state index in [1.807, 2.05) is 6.92 Å². The van der Waals surface area contributed by atoms with Crippen molar-refractivity contribution in [1.82, 2.24) is 4.90 Å². The van der Waals surface area contributed by atoms with E-state index in [2.05, 4.69) is 5.32 Å². The fourth-order valence-electron chi connectivity index (χ4n) is 3.07. The third-order valence-corrected chi connectivity index (χ3v) is 5.64. The lowest BCUT2D eigenvalue weighted by Crippen LogP contribution is -2.41. The molecule has 3 rings (SSSR count). The molecule has 3 heterocycles. The third kappa shape index (κ3) is 4.39. The number of piperidine rings is 1. The molecule has 0 radical (unpaired) electrons. The third-order valence-electron chi connectivity index (χ3n) is 4.51. The van der Waals surface area contributed by atoms with Gasteiger partial charge in [-0.15, -0.1) is 11.3 Å². The van der Waals surface area contributed by atoms with E-state index in [1.165, 1.54) is 17.6 Å². The van der Waals surface area contributed by atoms with Crippen LogP contribution in [0.1, 0.15) is 45.6 Å². The van der Waals surface area contributed by atoms with Crippen LogP contribution in [0.4, 0.5) is 5.00 Å². The number of carbonyl (C=O) groups is 3. The van der Waals surface area contributed by atoms with Crippen LogP contribution < -0.4 is 5.32 Å². The van der Waals surface area contributed by atoms with E-state index < -0.39 is 0 Å². The second-order valence-electron chi connectivity index (χ2n) is 6.38. The highest BCUT2D eigenvalue weighted by molar-refractivity contribution is 7.18. The highest BCUT2D eigenvalue weighted by atomic mass is 32.1. The molecule has 1 aliphatic heterocycles. The zero-order valence-electron chi connectivity index (χ0n) is 15.3. The van der Waals surface area contributed by atoms with Gasteiger partial charge in [0, 0.05) is 19.0 Å². The fraction of sp³-hybridized carbons (Fsp3) is 0.421. The molecule has 0 aliphatic carbocycles. The van der Waals surface area contributed by atoms with Crippen LogP contribution in [0, 0.1) is 12.8 Å². The Morgan fingerprint density at radius 3 is 2.70 bits per heavy atom. The largest absolute Gasteiger partial charge is 0.462 e. The minimum atomic E-state index is -0.370. The van der Waals surface area contributed by atoms with Crippen molar-refractivity contribution in [3.63, 3.8) is 0 Å². The first kappa shape index (κ1) is 19.2. The molecule has 7 nitrogen and oxygen atoms in total. The SMILES string of the molecule is CCOC(=O)c1sc(NC(=O)C2CCN(C(=O)c3ccco3)CC2)cc1C. The number of anilines is 1. The van der Waals surface area contributed by atoms with E-state index in [4.69, 9.17) is 9.15 Å². The van der Waals surface area contributed by atoms with Gasteiger partial charge in [0.2, 0.25) is 5.91 Å². The van der Waals surface area contributed by atoms with Crippen LogP contribution in [0.25, 0.3) is 0 Å². The first-order valence-corrected chi connectivity index (χ1v) is 9.72. The molecular weight excluding hydrogens is 368 g/mol. The molecule has 27 heavy (non-hydrogen) atoms. The number of thiophene rings is 1. The Morgan fingerprint density at radius 2 is 2.07 bits per heavy atom.